The number of fused-ring (bicyclic) bond motifs is 1. The van der Waals surface area contributed by atoms with Gasteiger partial charge in [-0.15, -0.1) is 0 Å². The van der Waals surface area contributed by atoms with Gasteiger partial charge >= 0.3 is 6.09 Å². The number of nitrogens with one attached hydrogen (secondary N) is 1. The van der Waals surface area contributed by atoms with Crippen molar-refractivity contribution < 1.29 is 19.1 Å². The van der Waals surface area contributed by atoms with Gasteiger partial charge < -0.3 is 4.74 Å². The molecule has 1 saturated carbocycles. The zero-order valence-corrected chi connectivity index (χ0v) is 18.4. The molecule has 2 aliphatic heterocycles. The molecule has 3 aliphatic rings. The Hall–Kier alpha value is -2.94. The number of carbonyl (C=O) groups is 3. The van der Waals surface area contributed by atoms with E-state index in [-0.39, 0.29) is 24.0 Å². The number of hydrogen-bond acceptors (Lipinski definition) is 6. The molecule has 10 heteroatoms. The third kappa shape index (κ3) is 5.04. The average Bonchev–Trinajstić information content (AvgIpc) is 3.36. The summed E-state index contributed by atoms with van der Waals surface area (Å²) >= 11 is 6.37. The van der Waals surface area contributed by atoms with E-state index in [4.69, 9.17) is 16.3 Å². The molecular weight excluding hydrogens is 422 g/mol. The summed E-state index contributed by atoms with van der Waals surface area (Å²) < 4.78 is 7.23. The Morgan fingerprint density at radius 3 is 2.74 bits per heavy atom. The van der Waals surface area contributed by atoms with Gasteiger partial charge in [-0.1, -0.05) is 11.6 Å². The number of nitrogens with zero attached hydrogens (tertiary/aromatic N) is 4. The fourth-order valence-corrected chi connectivity index (χ4v) is 3.57. The molecule has 2 fully saturated rings. The molecule has 31 heavy (non-hydrogen) atoms. The molecule has 0 aromatic carbocycles. The molecule has 1 aromatic heterocycles. The number of rotatable bonds is 4. The Kier molecular flexibility index (Phi) is 5.47. The Morgan fingerprint density at radius 2 is 2.13 bits per heavy atom. The first kappa shape index (κ1) is 21.3. The topological polar surface area (TPSA) is 106 Å². The third-order valence-electron chi connectivity index (χ3n) is 4.97. The summed E-state index contributed by atoms with van der Waals surface area (Å²) in [5.41, 5.74) is 0.912. The van der Waals surface area contributed by atoms with E-state index in [1.807, 2.05) is 20.8 Å². The molecule has 1 N–H and O–H groups in total. The largest absolute Gasteiger partial charge is 0.443 e. The monoisotopic (exact) mass is 445 g/mol. The number of halogens is 1. The van der Waals surface area contributed by atoms with E-state index < -0.39 is 17.6 Å². The number of carbonyl (C=O) groups excluding carboxylic acids is 3. The molecule has 1 saturated heterocycles. The van der Waals surface area contributed by atoms with Gasteiger partial charge in [-0.25, -0.2) is 14.5 Å². The Balaban J connectivity index is 1.63. The fourth-order valence-electron chi connectivity index (χ4n) is 3.36. The van der Waals surface area contributed by atoms with Gasteiger partial charge in [0.05, 0.1) is 19.2 Å². The lowest BCUT2D eigenvalue weighted by atomic mass is 10.1. The van der Waals surface area contributed by atoms with Crippen molar-refractivity contribution in [2.75, 3.05) is 6.54 Å². The Bertz CT molecular complexity index is 1040. The second-order valence-electron chi connectivity index (χ2n) is 8.91. The summed E-state index contributed by atoms with van der Waals surface area (Å²) in [5.74, 6) is 0.121. The molecule has 0 bridgehead atoms. The van der Waals surface area contributed by atoms with Crippen molar-refractivity contribution in [1.82, 2.24) is 20.0 Å². The SMILES string of the molecule is CC(C)(C)OC(=O)N(CC1CC1)C1=CC(Cl)=Nc2c(/C=C3\CC(=O)NC3=O)cnn2C1. The number of hydrogen-bond donors (Lipinski definition) is 1. The predicted molar refractivity (Wildman–Crippen MR) is 115 cm³/mol. The van der Waals surface area contributed by atoms with Gasteiger partial charge in [-0.3, -0.25) is 19.8 Å². The van der Waals surface area contributed by atoms with Crippen LogP contribution < -0.4 is 5.32 Å². The Labute approximate surface area is 184 Å². The minimum atomic E-state index is -0.627. The van der Waals surface area contributed by atoms with Gasteiger partial charge in [0.1, 0.15) is 10.8 Å². The lowest BCUT2D eigenvalue weighted by molar-refractivity contribution is -0.124. The lowest BCUT2D eigenvalue weighted by Gasteiger charge is -2.29. The van der Waals surface area contributed by atoms with Crippen LogP contribution >= 0.6 is 11.6 Å². The summed E-state index contributed by atoms with van der Waals surface area (Å²) in [6, 6.07) is 0. The second-order valence-corrected chi connectivity index (χ2v) is 9.30. The van der Waals surface area contributed by atoms with Gasteiger partial charge in [0.25, 0.3) is 5.91 Å². The molecule has 3 heterocycles. The van der Waals surface area contributed by atoms with Gasteiger partial charge in [-0.05, 0) is 51.7 Å². The van der Waals surface area contributed by atoms with Crippen LogP contribution in [0, 0.1) is 5.92 Å². The molecule has 0 radical (unpaired) electrons. The highest BCUT2D eigenvalue weighted by Crippen LogP contribution is 2.33. The number of amides is 3. The summed E-state index contributed by atoms with van der Waals surface area (Å²) in [4.78, 5) is 42.3. The van der Waals surface area contributed by atoms with E-state index in [1.165, 1.54) is 0 Å². The van der Waals surface area contributed by atoms with E-state index >= 15 is 0 Å². The number of aromatic nitrogens is 2. The molecule has 0 atom stereocenters. The van der Waals surface area contributed by atoms with E-state index in [0.717, 1.165) is 12.8 Å². The molecule has 9 nitrogen and oxygen atoms in total. The fraction of sp³-hybridized carbons (Fsp3) is 0.476. The lowest BCUT2D eigenvalue weighted by Crippen LogP contribution is -2.38. The smallest absolute Gasteiger partial charge is 0.414 e. The molecule has 164 valence electrons. The van der Waals surface area contributed by atoms with Crippen LogP contribution in [0.3, 0.4) is 0 Å². The van der Waals surface area contributed by atoms with Crippen LogP contribution in [-0.4, -0.2) is 49.9 Å². The van der Waals surface area contributed by atoms with E-state index in [2.05, 4.69) is 15.4 Å². The minimum absolute atomic E-state index is 0.0121. The summed E-state index contributed by atoms with van der Waals surface area (Å²) in [7, 11) is 0. The third-order valence-corrected chi connectivity index (χ3v) is 5.17. The van der Waals surface area contributed by atoms with Gasteiger partial charge in [0.2, 0.25) is 5.91 Å². The highest BCUT2D eigenvalue weighted by Gasteiger charge is 2.33. The molecule has 1 aliphatic carbocycles. The summed E-state index contributed by atoms with van der Waals surface area (Å²) in [5, 5.41) is 6.81. The van der Waals surface area contributed by atoms with Crippen molar-refractivity contribution in [3.63, 3.8) is 0 Å². The number of ether oxygens (including phenoxy) is 1. The quantitative estimate of drug-likeness (QED) is 0.566. The maximum atomic E-state index is 12.9. The van der Waals surface area contributed by atoms with E-state index in [0.29, 0.717) is 35.1 Å². The number of aliphatic imine (C=N–C) groups is 1. The molecule has 0 spiro atoms. The normalized spacial score (nSPS) is 20.1. The van der Waals surface area contributed by atoms with Crippen LogP contribution in [-0.2, 0) is 20.9 Å². The highest BCUT2D eigenvalue weighted by atomic mass is 35.5. The first-order valence-electron chi connectivity index (χ1n) is 10.1. The maximum Gasteiger partial charge on any atom is 0.414 e. The van der Waals surface area contributed by atoms with Crippen molar-refractivity contribution in [3.05, 3.63) is 29.1 Å². The van der Waals surface area contributed by atoms with Crippen LogP contribution in [0.15, 0.2) is 28.5 Å². The zero-order chi connectivity index (χ0) is 22.3. The van der Waals surface area contributed by atoms with Crippen LogP contribution in [0.2, 0.25) is 0 Å². The average molecular weight is 446 g/mol. The highest BCUT2D eigenvalue weighted by molar-refractivity contribution is 6.68. The van der Waals surface area contributed by atoms with Crippen molar-refractivity contribution in [2.45, 2.75) is 52.2 Å². The standard InChI is InChI=1S/C21H24ClN5O4/c1-21(2,3)31-20(30)26(10-12-4-5-12)15-8-16(22)24-18-14(9-23-27(18)11-15)6-13-7-17(28)25-19(13)29/h6,8-9,12H,4-5,7,10-11H2,1-3H3,(H,25,28,29)/b13-6+. The zero-order valence-electron chi connectivity index (χ0n) is 17.6. The minimum Gasteiger partial charge on any atom is -0.443 e. The second kappa shape index (κ2) is 7.96. The van der Waals surface area contributed by atoms with Crippen LogP contribution in [0.5, 0.6) is 0 Å². The number of allylic oxidation sites excluding steroid dienone is 2. The van der Waals surface area contributed by atoms with E-state index in [9.17, 15) is 14.4 Å². The first-order valence-corrected chi connectivity index (χ1v) is 10.5. The van der Waals surface area contributed by atoms with Gasteiger partial charge in [0, 0.05) is 23.4 Å². The van der Waals surface area contributed by atoms with Crippen LogP contribution in [0.25, 0.3) is 6.08 Å². The van der Waals surface area contributed by atoms with Crippen molar-refractivity contribution >= 4 is 46.6 Å². The van der Waals surface area contributed by atoms with Crippen LogP contribution in [0.1, 0.15) is 45.6 Å². The van der Waals surface area contributed by atoms with Gasteiger partial charge in [-0.2, -0.15) is 5.10 Å². The van der Waals surface area contributed by atoms with Crippen molar-refractivity contribution in [2.24, 2.45) is 10.9 Å². The van der Waals surface area contributed by atoms with E-state index in [1.54, 1.807) is 27.9 Å². The van der Waals surface area contributed by atoms with Crippen molar-refractivity contribution in [1.29, 1.82) is 0 Å². The molecule has 0 unspecified atom stereocenters. The first-order chi connectivity index (χ1) is 14.6. The predicted octanol–water partition coefficient (Wildman–Crippen LogP) is 3.13. The summed E-state index contributed by atoms with van der Waals surface area (Å²) in [6.45, 7) is 6.28. The molecule has 3 amide bonds. The van der Waals surface area contributed by atoms with Gasteiger partial charge in [0.15, 0.2) is 5.82 Å². The molecule has 1 aromatic rings. The maximum absolute atomic E-state index is 12.9. The molecular formula is C21H24ClN5O4. The van der Waals surface area contributed by atoms with Crippen LogP contribution in [0.4, 0.5) is 10.6 Å². The molecule has 4 rings (SSSR count). The summed E-state index contributed by atoms with van der Waals surface area (Å²) in [6.07, 6.45) is 6.51. The number of imide groups is 1. The van der Waals surface area contributed by atoms with Crippen molar-refractivity contribution in [3.8, 4) is 0 Å². The Morgan fingerprint density at radius 1 is 1.39 bits per heavy atom.